The Bertz CT molecular complexity index is 291. The van der Waals surface area contributed by atoms with Crippen molar-refractivity contribution in [2.45, 2.75) is 11.9 Å². The van der Waals surface area contributed by atoms with Gasteiger partial charge < -0.3 is 4.74 Å². The van der Waals surface area contributed by atoms with Gasteiger partial charge in [0.15, 0.2) is 0 Å². The fourth-order valence-corrected chi connectivity index (χ4v) is 2.18. The van der Waals surface area contributed by atoms with Crippen molar-refractivity contribution < 1.29 is 13.5 Å². The van der Waals surface area contributed by atoms with Crippen molar-refractivity contribution in [1.29, 1.82) is 0 Å². The average molecular weight is 316 g/mol. The fourth-order valence-electron chi connectivity index (χ4n) is 0.813. The van der Waals surface area contributed by atoms with Crippen molar-refractivity contribution in [3.63, 3.8) is 0 Å². The molecular formula is C8H6Br2F2O. The Morgan fingerprint density at radius 2 is 2.08 bits per heavy atom. The fraction of sp³-hybridized carbons (Fsp3) is 0.250. The van der Waals surface area contributed by atoms with E-state index >= 15 is 0 Å². The average Bonchev–Trinajstić information content (AvgIpc) is 2.03. The van der Waals surface area contributed by atoms with Gasteiger partial charge in [-0.15, -0.1) is 0 Å². The van der Waals surface area contributed by atoms with E-state index in [9.17, 15) is 8.78 Å². The Kier molecular flexibility index (Phi) is 4.12. The maximum atomic E-state index is 11.8. The van der Waals surface area contributed by atoms with Crippen molar-refractivity contribution in [2.75, 3.05) is 0 Å². The molecule has 0 N–H and O–H groups in total. The Hall–Kier alpha value is -0.160. The second kappa shape index (κ2) is 4.91. The number of rotatable bonds is 3. The van der Waals surface area contributed by atoms with Crippen LogP contribution in [0, 0.1) is 0 Å². The van der Waals surface area contributed by atoms with E-state index in [1.807, 2.05) is 0 Å². The lowest BCUT2D eigenvalue weighted by molar-refractivity contribution is -0.0498. The van der Waals surface area contributed by atoms with Gasteiger partial charge >= 0.3 is 6.61 Å². The van der Waals surface area contributed by atoms with E-state index in [1.165, 1.54) is 12.1 Å². The van der Waals surface area contributed by atoms with Gasteiger partial charge in [-0.25, -0.2) is 0 Å². The minimum Gasteiger partial charge on any atom is -0.435 e. The smallest absolute Gasteiger partial charge is 0.387 e. The van der Waals surface area contributed by atoms with E-state index in [0.717, 1.165) is 10.0 Å². The number of benzene rings is 1. The molecule has 72 valence electrons. The van der Waals surface area contributed by atoms with Crippen LogP contribution in [0.15, 0.2) is 22.7 Å². The highest BCUT2D eigenvalue weighted by atomic mass is 79.9. The lowest BCUT2D eigenvalue weighted by Crippen LogP contribution is -2.01. The zero-order valence-corrected chi connectivity index (χ0v) is 9.61. The van der Waals surface area contributed by atoms with E-state index in [0.29, 0.717) is 5.33 Å². The van der Waals surface area contributed by atoms with Gasteiger partial charge in [0, 0.05) is 9.80 Å². The summed E-state index contributed by atoms with van der Waals surface area (Å²) >= 11 is 6.51. The van der Waals surface area contributed by atoms with Crippen LogP contribution in [-0.4, -0.2) is 6.61 Å². The van der Waals surface area contributed by atoms with Crippen LogP contribution in [0.5, 0.6) is 5.75 Å². The molecule has 0 unspecified atom stereocenters. The summed E-state index contributed by atoms with van der Waals surface area (Å²) in [4.78, 5) is 0. The minimum atomic E-state index is -2.78. The number of ether oxygens (including phenoxy) is 1. The van der Waals surface area contributed by atoms with Crippen LogP contribution in [0.25, 0.3) is 0 Å². The first-order valence-corrected chi connectivity index (χ1v) is 5.34. The van der Waals surface area contributed by atoms with Crippen LogP contribution in [0.3, 0.4) is 0 Å². The van der Waals surface area contributed by atoms with Crippen LogP contribution in [0.2, 0.25) is 0 Å². The van der Waals surface area contributed by atoms with Crippen molar-refractivity contribution >= 4 is 31.9 Å². The number of hydrogen-bond donors (Lipinski definition) is 0. The Morgan fingerprint density at radius 3 is 2.54 bits per heavy atom. The van der Waals surface area contributed by atoms with Crippen molar-refractivity contribution in [3.8, 4) is 5.75 Å². The maximum Gasteiger partial charge on any atom is 0.387 e. The molecular weight excluding hydrogens is 310 g/mol. The summed E-state index contributed by atoms with van der Waals surface area (Å²) in [5, 5.41) is 0.669. The Balaban J connectivity index is 2.83. The molecule has 13 heavy (non-hydrogen) atoms. The molecule has 1 nitrogen and oxygen atoms in total. The summed E-state index contributed by atoms with van der Waals surface area (Å²) in [5.74, 6) is 0.159. The molecule has 1 aromatic carbocycles. The summed E-state index contributed by atoms with van der Waals surface area (Å²) in [6.07, 6.45) is 0. The number of hydrogen-bond acceptors (Lipinski definition) is 1. The van der Waals surface area contributed by atoms with Gasteiger partial charge in [-0.1, -0.05) is 37.9 Å². The third kappa shape index (κ3) is 3.23. The Morgan fingerprint density at radius 1 is 1.38 bits per heavy atom. The van der Waals surface area contributed by atoms with Crippen LogP contribution < -0.4 is 4.74 Å². The largest absolute Gasteiger partial charge is 0.435 e. The molecule has 1 aromatic rings. The highest BCUT2D eigenvalue weighted by Gasteiger charge is 2.06. The third-order valence-corrected chi connectivity index (χ3v) is 2.74. The predicted octanol–water partition coefficient (Wildman–Crippen LogP) is 3.95. The van der Waals surface area contributed by atoms with Crippen LogP contribution in [0.1, 0.15) is 5.56 Å². The molecule has 5 heteroatoms. The van der Waals surface area contributed by atoms with E-state index in [-0.39, 0.29) is 5.75 Å². The molecule has 0 aliphatic carbocycles. The molecule has 1 rings (SSSR count). The van der Waals surface area contributed by atoms with Crippen molar-refractivity contribution in [3.05, 3.63) is 28.2 Å². The van der Waals surface area contributed by atoms with Gasteiger partial charge in [0.05, 0.1) is 0 Å². The zero-order valence-electron chi connectivity index (χ0n) is 6.44. The molecule has 0 amide bonds. The lowest BCUT2D eigenvalue weighted by atomic mass is 10.2. The molecule has 0 aliphatic heterocycles. The molecule has 0 fully saturated rings. The minimum absolute atomic E-state index is 0.159. The first kappa shape index (κ1) is 10.9. The van der Waals surface area contributed by atoms with Gasteiger partial charge in [-0.2, -0.15) is 8.78 Å². The summed E-state index contributed by atoms with van der Waals surface area (Å²) in [6, 6.07) is 4.74. The monoisotopic (exact) mass is 314 g/mol. The van der Waals surface area contributed by atoms with Crippen LogP contribution >= 0.6 is 31.9 Å². The molecule has 0 saturated carbocycles. The molecule has 0 spiro atoms. The van der Waals surface area contributed by atoms with Crippen molar-refractivity contribution in [2.24, 2.45) is 0 Å². The predicted molar refractivity (Wildman–Crippen MR) is 53.4 cm³/mol. The topological polar surface area (TPSA) is 9.23 Å². The van der Waals surface area contributed by atoms with Crippen LogP contribution in [0.4, 0.5) is 8.78 Å². The quantitative estimate of drug-likeness (QED) is 0.768. The standard InChI is InChI=1S/C8H6Br2F2O/c9-4-5-1-2-6(3-7(5)10)13-8(11)12/h1-3,8H,4H2. The third-order valence-electron chi connectivity index (χ3n) is 1.39. The maximum absolute atomic E-state index is 11.8. The molecule has 0 atom stereocenters. The number of halogens is 4. The highest BCUT2D eigenvalue weighted by molar-refractivity contribution is 9.10. The summed E-state index contributed by atoms with van der Waals surface area (Å²) in [5.41, 5.74) is 0.988. The molecule has 0 aromatic heterocycles. The second-order valence-electron chi connectivity index (χ2n) is 2.27. The van der Waals surface area contributed by atoms with E-state index in [1.54, 1.807) is 6.07 Å². The summed E-state index contributed by atoms with van der Waals surface area (Å²) in [6.45, 7) is -2.78. The first-order chi connectivity index (χ1) is 6.13. The molecule has 0 saturated heterocycles. The molecule has 0 radical (unpaired) electrons. The zero-order chi connectivity index (χ0) is 9.84. The van der Waals surface area contributed by atoms with E-state index in [4.69, 9.17) is 0 Å². The van der Waals surface area contributed by atoms with Crippen molar-refractivity contribution in [1.82, 2.24) is 0 Å². The molecule has 0 heterocycles. The highest BCUT2D eigenvalue weighted by Crippen LogP contribution is 2.25. The lowest BCUT2D eigenvalue weighted by Gasteiger charge is -2.06. The second-order valence-corrected chi connectivity index (χ2v) is 3.68. The molecule has 0 bridgehead atoms. The first-order valence-electron chi connectivity index (χ1n) is 3.42. The summed E-state index contributed by atoms with van der Waals surface area (Å²) < 4.78 is 28.5. The van der Waals surface area contributed by atoms with Gasteiger partial charge in [0.25, 0.3) is 0 Å². The van der Waals surface area contributed by atoms with E-state index in [2.05, 4.69) is 36.6 Å². The number of alkyl halides is 3. The van der Waals surface area contributed by atoms with Crippen LogP contribution in [-0.2, 0) is 5.33 Å². The van der Waals surface area contributed by atoms with Gasteiger partial charge in [0.1, 0.15) is 5.75 Å². The normalized spacial score (nSPS) is 10.5. The van der Waals surface area contributed by atoms with Gasteiger partial charge in [-0.05, 0) is 17.7 Å². The molecule has 0 aliphatic rings. The van der Waals surface area contributed by atoms with Gasteiger partial charge in [-0.3, -0.25) is 0 Å². The van der Waals surface area contributed by atoms with E-state index < -0.39 is 6.61 Å². The SMILES string of the molecule is FC(F)Oc1ccc(CBr)c(Br)c1. The Labute approximate surface area is 91.3 Å². The van der Waals surface area contributed by atoms with Gasteiger partial charge in [0.2, 0.25) is 0 Å². The summed E-state index contributed by atoms with van der Waals surface area (Å²) in [7, 11) is 0.